The average molecular weight is 277 g/mol. The second-order valence-corrected chi connectivity index (χ2v) is 5.14. The van der Waals surface area contributed by atoms with Crippen LogP contribution in [0.1, 0.15) is 27.0 Å². The first-order valence-electron chi connectivity index (χ1n) is 6.86. The number of benzene rings is 2. The van der Waals surface area contributed by atoms with Crippen molar-refractivity contribution in [3.05, 3.63) is 58.7 Å². The molecule has 0 fully saturated rings. The van der Waals surface area contributed by atoms with Gasteiger partial charge >= 0.3 is 0 Å². The molecule has 2 aromatic carbocycles. The van der Waals surface area contributed by atoms with Gasteiger partial charge in [0, 0.05) is 23.5 Å². The van der Waals surface area contributed by atoms with E-state index < -0.39 is 0 Å². The lowest BCUT2D eigenvalue weighted by Gasteiger charge is -2.09. The maximum Gasteiger partial charge on any atom is 0.255 e. The zero-order valence-corrected chi connectivity index (χ0v) is 11.7. The van der Waals surface area contributed by atoms with Crippen molar-refractivity contribution in [2.75, 3.05) is 17.2 Å². The molecular weight excluding hydrogens is 262 g/mol. The fraction of sp³-hybridized carbons (Fsp3) is 0.176. The van der Waals surface area contributed by atoms with Gasteiger partial charge in [-0.05, 0) is 54.8 Å². The summed E-state index contributed by atoms with van der Waals surface area (Å²) in [5, 5.41) is 15.1. The molecule has 0 atom stereocenters. The summed E-state index contributed by atoms with van der Waals surface area (Å²) in [5.41, 5.74) is 5.07. The van der Waals surface area contributed by atoms with Crippen molar-refractivity contribution in [3.63, 3.8) is 0 Å². The second-order valence-electron chi connectivity index (χ2n) is 5.14. The summed E-state index contributed by atoms with van der Waals surface area (Å²) < 4.78 is 0. The van der Waals surface area contributed by atoms with Gasteiger partial charge in [-0.15, -0.1) is 0 Å². The number of carbonyl (C=O) groups is 1. The molecule has 21 heavy (non-hydrogen) atoms. The Kier molecular flexibility index (Phi) is 3.33. The summed E-state index contributed by atoms with van der Waals surface area (Å²) in [4.78, 5) is 12.4. The highest BCUT2D eigenvalue weighted by Crippen LogP contribution is 2.24. The molecule has 2 N–H and O–H groups in total. The number of nitriles is 1. The molecule has 0 saturated carbocycles. The standard InChI is InChI=1S/C17H15N3O/c1-11-2-3-12(10-18)8-16(11)20-17(21)14-4-5-15-13(9-14)6-7-19-15/h2-5,8-9,19H,6-7H2,1H3,(H,20,21). The number of nitrogens with one attached hydrogen (secondary N) is 2. The van der Waals surface area contributed by atoms with Gasteiger partial charge in [0.2, 0.25) is 0 Å². The molecule has 1 heterocycles. The van der Waals surface area contributed by atoms with Gasteiger partial charge < -0.3 is 10.6 Å². The summed E-state index contributed by atoms with van der Waals surface area (Å²) in [5.74, 6) is -0.150. The van der Waals surface area contributed by atoms with Gasteiger partial charge in [0.1, 0.15) is 0 Å². The van der Waals surface area contributed by atoms with E-state index in [-0.39, 0.29) is 5.91 Å². The van der Waals surface area contributed by atoms with Gasteiger partial charge in [-0.2, -0.15) is 5.26 Å². The molecule has 0 unspecified atom stereocenters. The van der Waals surface area contributed by atoms with E-state index in [0.29, 0.717) is 16.8 Å². The molecule has 4 heteroatoms. The minimum absolute atomic E-state index is 0.150. The zero-order valence-electron chi connectivity index (χ0n) is 11.7. The molecular formula is C17H15N3O. The molecule has 0 aromatic heterocycles. The van der Waals surface area contributed by atoms with E-state index in [1.807, 2.05) is 31.2 Å². The van der Waals surface area contributed by atoms with Crippen LogP contribution in [-0.2, 0) is 6.42 Å². The Morgan fingerprint density at radius 2 is 2.14 bits per heavy atom. The maximum atomic E-state index is 12.4. The van der Waals surface area contributed by atoms with Gasteiger partial charge in [-0.3, -0.25) is 4.79 Å². The van der Waals surface area contributed by atoms with E-state index in [0.717, 1.165) is 24.2 Å². The Bertz CT molecular complexity index is 759. The number of hydrogen-bond acceptors (Lipinski definition) is 3. The lowest BCUT2D eigenvalue weighted by molar-refractivity contribution is 0.102. The van der Waals surface area contributed by atoms with Gasteiger partial charge in [-0.25, -0.2) is 0 Å². The maximum absolute atomic E-state index is 12.4. The van der Waals surface area contributed by atoms with Gasteiger partial charge in [0.15, 0.2) is 0 Å². The van der Waals surface area contributed by atoms with Crippen LogP contribution < -0.4 is 10.6 Å². The number of nitrogens with zero attached hydrogens (tertiary/aromatic N) is 1. The molecule has 1 aliphatic rings. The predicted molar refractivity (Wildman–Crippen MR) is 82.5 cm³/mol. The molecule has 0 aliphatic carbocycles. The number of rotatable bonds is 2. The van der Waals surface area contributed by atoms with Gasteiger partial charge in [-0.1, -0.05) is 6.07 Å². The third-order valence-electron chi connectivity index (χ3n) is 3.69. The van der Waals surface area contributed by atoms with Gasteiger partial charge in [0.25, 0.3) is 5.91 Å². The lowest BCUT2D eigenvalue weighted by Crippen LogP contribution is -2.13. The van der Waals surface area contributed by atoms with Crippen LogP contribution in [0.25, 0.3) is 0 Å². The molecule has 0 saturated heterocycles. The summed E-state index contributed by atoms with van der Waals surface area (Å²) >= 11 is 0. The van der Waals surface area contributed by atoms with Crippen LogP contribution in [0.3, 0.4) is 0 Å². The summed E-state index contributed by atoms with van der Waals surface area (Å²) in [6.45, 7) is 2.83. The third kappa shape index (κ3) is 2.59. The quantitative estimate of drug-likeness (QED) is 0.886. The number of aryl methyl sites for hydroxylation is 1. The predicted octanol–water partition coefficient (Wildman–Crippen LogP) is 3.09. The molecule has 0 bridgehead atoms. The molecule has 0 spiro atoms. The Hall–Kier alpha value is -2.80. The highest BCUT2D eigenvalue weighted by Gasteiger charge is 2.14. The Morgan fingerprint density at radius 1 is 1.29 bits per heavy atom. The summed E-state index contributed by atoms with van der Waals surface area (Å²) in [6, 6.07) is 13.0. The van der Waals surface area contributed by atoms with Crippen molar-refractivity contribution >= 4 is 17.3 Å². The summed E-state index contributed by atoms with van der Waals surface area (Å²) in [6.07, 6.45) is 0.944. The topological polar surface area (TPSA) is 64.9 Å². The smallest absolute Gasteiger partial charge is 0.255 e. The monoisotopic (exact) mass is 277 g/mol. The number of fused-ring (bicyclic) bond motifs is 1. The van der Waals surface area contributed by atoms with Crippen LogP contribution in [0.15, 0.2) is 36.4 Å². The molecule has 0 radical (unpaired) electrons. The van der Waals surface area contributed by atoms with E-state index in [1.54, 1.807) is 12.1 Å². The van der Waals surface area contributed by atoms with Crippen molar-refractivity contribution in [2.45, 2.75) is 13.3 Å². The normalized spacial score (nSPS) is 12.2. The van der Waals surface area contributed by atoms with Crippen molar-refractivity contribution in [2.24, 2.45) is 0 Å². The second kappa shape index (κ2) is 5.29. The number of carbonyl (C=O) groups excluding carboxylic acids is 1. The van der Waals surface area contributed by atoms with Crippen molar-refractivity contribution in [1.29, 1.82) is 5.26 Å². The fourth-order valence-electron chi connectivity index (χ4n) is 2.47. The van der Waals surface area contributed by atoms with Crippen molar-refractivity contribution < 1.29 is 4.79 Å². The Labute approximate surface area is 123 Å². The molecule has 1 amide bonds. The van der Waals surface area contributed by atoms with Gasteiger partial charge in [0.05, 0.1) is 11.6 Å². The van der Waals surface area contributed by atoms with E-state index in [2.05, 4.69) is 16.7 Å². The van der Waals surface area contributed by atoms with E-state index in [1.165, 1.54) is 5.56 Å². The minimum Gasteiger partial charge on any atom is -0.384 e. The lowest BCUT2D eigenvalue weighted by atomic mass is 10.1. The van der Waals surface area contributed by atoms with Crippen molar-refractivity contribution in [1.82, 2.24) is 0 Å². The van der Waals surface area contributed by atoms with E-state index in [4.69, 9.17) is 5.26 Å². The van der Waals surface area contributed by atoms with Crippen LogP contribution >= 0.6 is 0 Å². The molecule has 104 valence electrons. The molecule has 4 nitrogen and oxygen atoms in total. The highest BCUT2D eigenvalue weighted by molar-refractivity contribution is 6.05. The average Bonchev–Trinajstić information content (AvgIpc) is 2.96. The van der Waals surface area contributed by atoms with Crippen LogP contribution in [0.2, 0.25) is 0 Å². The first-order valence-corrected chi connectivity index (χ1v) is 6.86. The SMILES string of the molecule is Cc1ccc(C#N)cc1NC(=O)c1ccc2c(c1)CCN2. The largest absolute Gasteiger partial charge is 0.384 e. The first-order chi connectivity index (χ1) is 10.2. The summed E-state index contributed by atoms with van der Waals surface area (Å²) in [7, 11) is 0. The van der Waals surface area contributed by atoms with Crippen LogP contribution in [-0.4, -0.2) is 12.5 Å². The molecule has 1 aliphatic heterocycles. The van der Waals surface area contributed by atoms with Crippen molar-refractivity contribution in [3.8, 4) is 6.07 Å². The van der Waals surface area contributed by atoms with Crippen LogP contribution in [0, 0.1) is 18.3 Å². The number of amides is 1. The zero-order chi connectivity index (χ0) is 14.8. The Morgan fingerprint density at radius 3 is 2.95 bits per heavy atom. The van der Waals surface area contributed by atoms with Crippen LogP contribution in [0.5, 0.6) is 0 Å². The molecule has 2 aromatic rings. The minimum atomic E-state index is -0.150. The van der Waals surface area contributed by atoms with E-state index >= 15 is 0 Å². The fourth-order valence-corrected chi connectivity index (χ4v) is 2.47. The highest BCUT2D eigenvalue weighted by atomic mass is 16.1. The Balaban J connectivity index is 1.85. The molecule has 3 rings (SSSR count). The van der Waals surface area contributed by atoms with Crippen LogP contribution in [0.4, 0.5) is 11.4 Å². The first kappa shape index (κ1) is 13.2. The number of anilines is 2. The third-order valence-corrected chi connectivity index (χ3v) is 3.69. The number of hydrogen-bond donors (Lipinski definition) is 2. The van der Waals surface area contributed by atoms with E-state index in [9.17, 15) is 4.79 Å².